The number of fused-ring (bicyclic) bond motifs is 1. The third-order valence-corrected chi connectivity index (χ3v) is 5.22. The molecule has 3 N–H and O–H groups in total. The van der Waals surface area contributed by atoms with Gasteiger partial charge in [0.15, 0.2) is 5.65 Å². The molecule has 0 saturated carbocycles. The Kier molecular flexibility index (Phi) is 5.29. The van der Waals surface area contributed by atoms with Crippen LogP contribution in [-0.4, -0.2) is 24.5 Å². The molecule has 31 heavy (non-hydrogen) atoms. The van der Waals surface area contributed by atoms with Crippen LogP contribution in [0.2, 0.25) is 0 Å². The number of imidazole rings is 1. The van der Waals surface area contributed by atoms with Crippen LogP contribution in [-0.2, 0) is 17.2 Å². The van der Waals surface area contributed by atoms with Gasteiger partial charge in [0.1, 0.15) is 16.7 Å². The first-order valence-corrected chi connectivity index (χ1v) is 10.0. The quantitative estimate of drug-likeness (QED) is 0.501. The zero-order chi connectivity index (χ0) is 22.2. The molecule has 2 heterocycles. The maximum Gasteiger partial charge on any atom is 0.416 e. The first kappa shape index (κ1) is 20.7. The minimum absolute atomic E-state index is 0.0742. The number of alkyl halides is 3. The largest absolute Gasteiger partial charge is 0.416 e. The van der Waals surface area contributed by atoms with Crippen molar-refractivity contribution in [1.29, 1.82) is 0 Å². The number of carbonyl (C=O) groups is 1. The lowest BCUT2D eigenvalue weighted by Crippen LogP contribution is -2.14. The van der Waals surface area contributed by atoms with E-state index in [1.165, 1.54) is 42.9 Å². The molecule has 1 unspecified atom stereocenters. The number of nitrogens with two attached hydrogens (primary N) is 1. The van der Waals surface area contributed by atoms with Crippen LogP contribution in [0.25, 0.3) is 16.9 Å². The van der Waals surface area contributed by atoms with Crippen molar-refractivity contribution in [3.05, 3.63) is 78.4 Å². The molecule has 0 aliphatic heterocycles. The average Bonchev–Trinajstić information content (AvgIpc) is 3.17. The molecule has 2 aromatic heterocycles. The smallest absolute Gasteiger partial charge is 0.321 e. The van der Waals surface area contributed by atoms with Crippen molar-refractivity contribution in [3.63, 3.8) is 0 Å². The van der Waals surface area contributed by atoms with Gasteiger partial charge in [0.05, 0.1) is 28.5 Å². The second-order valence-electron chi connectivity index (χ2n) is 6.50. The lowest BCUT2D eigenvalue weighted by molar-refractivity contribution is -0.137. The number of aromatic nitrogens is 3. The molecule has 1 amide bonds. The number of nitrogens with one attached hydrogen (secondary N) is 1. The molecule has 4 aromatic rings. The van der Waals surface area contributed by atoms with Crippen molar-refractivity contribution in [3.8, 4) is 11.3 Å². The monoisotopic (exact) mass is 445 g/mol. The topological polar surface area (TPSA) is 102 Å². The third kappa shape index (κ3) is 4.32. The number of amides is 1. The highest BCUT2D eigenvalue weighted by atomic mass is 32.2. The molecule has 7 nitrogen and oxygen atoms in total. The van der Waals surface area contributed by atoms with Crippen molar-refractivity contribution in [2.45, 2.75) is 11.1 Å². The molecule has 158 valence electrons. The highest BCUT2D eigenvalue weighted by Crippen LogP contribution is 2.31. The van der Waals surface area contributed by atoms with Gasteiger partial charge in [0.2, 0.25) is 0 Å². The first-order valence-electron chi connectivity index (χ1n) is 8.81. The van der Waals surface area contributed by atoms with Crippen LogP contribution in [0.5, 0.6) is 0 Å². The van der Waals surface area contributed by atoms with Gasteiger partial charge in [0, 0.05) is 17.4 Å². The molecule has 1 atom stereocenters. The Morgan fingerprint density at radius 1 is 1.00 bits per heavy atom. The van der Waals surface area contributed by atoms with Crippen LogP contribution < -0.4 is 10.5 Å². The zero-order valence-corrected chi connectivity index (χ0v) is 16.4. The van der Waals surface area contributed by atoms with E-state index in [9.17, 15) is 22.2 Å². The van der Waals surface area contributed by atoms with E-state index in [1.807, 2.05) is 0 Å². The van der Waals surface area contributed by atoms with Gasteiger partial charge in [-0.3, -0.25) is 9.20 Å². The van der Waals surface area contributed by atoms with Crippen molar-refractivity contribution < 1.29 is 22.2 Å². The van der Waals surface area contributed by atoms with Gasteiger partial charge in [-0.1, -0.05) is 12.1 Å². The lowest BCUT2D eigenvalue weighted by atomic mass is 10.1. The fraction of sp³-hybridized carbons (Fsp3) is 0.0500. The predicted molar refractivity (Wildman–Crippen MR) is 108 cm³/mol. The SMILES string of the molecule is NS(=O)c1ccc(NC(=O)c2cn3c(-c4ccc(C(F)(F)F)cc4)cnc3cn2)cc1. The van der Waals surface area contributed by atoms with E-state index < -0.39 is 28.6 Å². The number of anilines is 1. The van der Waals surface area contributed by atoms with Crippen molar-refractivity contribution in [2.75, 3.05) is 5.32 Å². The van der Waals surface area contributed by atoms with Crippen LogP contribution in [0.1, 0.15) is 16.1 Å². The zero-order valence-electron chi connectivity index (χ0n) is 15.6. The van der Waals surface area contributed by atoms with E-state index in [0.717, 1.165) is 12.1 Å². The van der Waals surface area contributed by atoms with E-state index in [0.29, 0.717) is 27.5 Å². The standard InChI is InChI=1S/C20H14F3N5O2S/c21-20(22,23)13-3-1-12(2-4-13)17-9-26-18-10-25-16(11-28(17)18)19(29)27-14-5-7-15(8-6-14)31(24)30/h1-11H,24H2,(H,27,29). The van der Waals surface area contributed by atoms with Gasteiger partial charge in [-0.25, -0.2) is 19.3 Å². The number of halogens is 3. The minimum atomic E-state index is -4.43. The van der Waals surface area contributed by atoms with E-state index >= 15 is 0 Å². The molecule has 11 heteroatoms. The third-order valence-electron chi connectivity index (χ3n) is 4.48. The average molecular weight is 445 g/mol. The summed E-state index contributed by atoms with van der Waals surface area (Å²) < 4.78 is 51.2. The summed E-state index contributed by atoms with van der Waals surface area (Å²) in [6, 6.07) is 10.8. The van der Waals surface area contributed by atoms with E-state index in [-0.39, 0.29) is 5.69 Å². The fourth-order valence-corrected chi connectivity index (χ4v) is 3.32. The van der Waals surface area contributed by atoms with E-state index in [2.05, 4.69) is 15.3 Å². The van der Waals surface area contributed by atoms with Crippen LogP contribution >= 0.6 is 0 Å². The molecule has 4 rings (SSSR count). The summed E-state index contributed by atoms with van der Waals surface area (Å²) >= 11 is 0. The Hall–Kier alpha value is -3.57. The summed E-state index contributed by atoms with van der Waals surface area (Å²) in [4.78, 5) is 21.3. The Morgan fingerprint density at radius 3 is 2.29 bits per heavy atom. The van der Waals surface area contributed by atoms with Crippen molar-refractivity contribution in [2.24, 2.45) is 5.14 Å². The number of nitrogens with zero attached hydrogens (tertiary/aromatic N) is 3. The Bertz CT molecular complexity index is 1290. The van der Waals surface area contributed by atoms with Crippen LogP contribution in [0, 0.1) is 0 Å². The summed E-state index contributed by atoms with van der Waals surface area (Å²) in [7, 11) is -1.62. The number of hydrogen-bond acceptors (Lipinski definition) is 4. The summed E-state index contributed by atoms with van der Waals surface area (Å²) in [6.07, 6.45) is -0.0886. The van der Waals surface area contributed by atoms with Crippen molar-refractivity contribution in [1.82, 2.24) is 14.4 Å². The van der Waals surface area contributed by atoms with Gasteiger partial charge in [-0.15, -0.1) is 0 Å². The number of rotatable bonds is 4. The van der Waals surface area contributed by atoms with E-state index in [1.54, 1.807) is 16.5 Å². The van der Waals surface area contributed by atoms with Crippen LogP contribution in [0.15, 0.2) is 72.0 Å². The van der Waals surface area contributed by atoms with E-state index in [4.69, 9.17) is 5.14 Å². The Morgan fingerprint density at radius 2 is 1.68 bits per heavy atom. The van der Waals surface area contributed by atoms with Gasteiger partial charge >= 0.3 is 6.18 Å². The molecule has 0 radical (unpaired) electrons. The number of benzene rings is 2. The summed E-state index contributed by atoms with van der Waals surface area (Å²) in [5.74, 6) is -0.504. The maximum atomic E-state index is 12.8. The Labute approximate surface area is 176 Å². The number of carbonyl (C=O) groups excluding carboxylic acids is 1. The molecule has 0 fully saturated rings. The second kappa shape index (κ2) is 7.93. The first-order chi connectivity index (χ1) is 14.7. The van der Waals surface area contributed by atoms with Gasteiger partial charge < -0.3 is 5.32 Å². The summed E-state index contributed by atoms with van der Waals surface area (Å²) in [5.41, 5.74) is 1.22. The normalized spacial score (nSPS) is 12.6. The Balaban J connectivity index is 1.62. The number of hydrogen-bond donors (Lipinski definition) is 2. The molecule has 0 aliphatic carbocycles. The highest BCUT2D eigenvalue weighted by Gasteiger charge is 2.30. The molecule has 2 aromatic carbocycles. The fourth-order valence-electron chi connectivity index (χ4n) is 2.92. The lowest BCUT2D eigenvalue weighted by Gasteiger charge is -2.09. The van der Waals surface area contributed by atoms with Crippen LogP contribution in [0.3, 0.4) is 0 Å². The summed E-state index contributed by atoms with van der Waals surface area (Å²) in [5, 5.41) is 7.97. The van der Waals surface area contributed by atoms with Crippen LogP contribution in [0.4, 0.5) is 18.9 Å². The molecule has 0 saturated heterocycles. The summed E-state index contributed by atoms with van der Waals surface area (Å²) in [6.45, 7) is 0. The molecule has 0 bridgehead atoms. The molecular formula is C20H14F3N5O2S. The second-order valence-corrected chi connectivity index (χ2v) is 7.56. The molecule has 0 spiro atoms. The van der Waals surface area contributed by atoms with Gasteiger partial charge in [-0.05, 0) is 36.4 Å². The van der Waals surface area contributed by atoms with Gasteiger partial charge in [-0.2, -0.15) is 13.2 Å². The van der Waals surface area contributed by atoms with Gasteiger partial charge in [0.25, 0.3) is 5.91 Å². The minimum Gasteiger partial charge on any atom is -0.321 e. The predicted octanol–water partition coefficient (Wildman–Crippen LogP) is 3.65. The van der Waals surface area contributed by atoms with Crippen molar-refractivity contribution >= 4 is 28.2 Å². The molecular weight excluding hydrogens is 431 g/mol. The molecule has 0 aliphatic rings. The highest BCUT2D eigenvalue weighted by molar-refractivity contribution is 7.82. The maximum absolute atomic E-state index is 12.8.